The Morgan fingerprint density at radius 2 is 1.88 bits per heavy atom. The Kier molecular flexibility index (Phi) is 5.01. The zero-order chi connectivity index (χ0) is 12.0. The van der Waals surface area contributed by atoms with Crippen LogP contribution >= 0.6 is 0 Å². The Morgan fingerprint density at radius 3 is 2.31 bits per heavy atom. The Balaban J connectivity index is 2.73. The average molecular weight is 217 g/mol. The summed E-state index contributed by atoms with van der Waals surface area (Å²) in [6.45, 7) is 4.13. The summed E-state index contributed by atoms with van der Waals surface area (Å²) in [5.41, 5.74) is 1.18. The number of hydrogen-bond acceptors (Lipinski definition) is 2. The van der Waals surface area contributed by atoms with E-state index in [1.165, 1.54) is 5.56 Å². The molecular weight excluding hydrogens is 198 g/mol. The molecule has 0 aliphatic heterocycles. The first-order valence-corrected chi connectivity index (χ1v) is 5.73. The highest BCUT2D eigenvalue weighted by Gasteiger charge is 2.23. The Labute approximate surface area is 97.5 Å². The van der Waals surface area contributed by atoms with Crippen LogP contribution in [0, 0.1) is 29.1 Å². The Bertz CT molecular complexity index is 340. The fourth-order valence-corrected chi connectivity index (χ4v) is 2.02. The van der Waals surface area contributed by atoms with Crippen LogP contribution in [0.2, 0.25) is 0 Å². The van der Waals surface area contributed by atoms with Crippen molar-refractivity contribution in [1.82, 2.24) is 0 Å². The van der Waals surface area contributed by atoms with E-state index in [0.29, 0.717) is 0 Å². The first-order chi connectivity index (χ1) is 7.69. The Morgan fingerprint density at radius 1 is 1.25 bits per heavy atom. The second-order valence-electron chi connectivity index (χ2n) is 4.53. The highest BCUT2D eigenvalue weighted by Crippen LogP contribution is 2.23. The quantitative estimate of drug-likeness (QED) is 0.824. The van der Waals surface area contributed by atoms with Gasteiger partial charge in [-0.05, 0) is 17.9 Å². The van der Waals surface area contributed by atoms with Gasteiger partial charge in [0.25, 0.3) is 0 Å². The van der Waals surface area contributed by atoms with Gasteiger partial charge in [0.05, 0.1) is 12.0 Å². The number of nitriles is 1. The lowest BCUT2D eigenvalue weighted by molar-refractivity contribution is 0.174. The number of nitrogens with zero attached hydrogens (tertiary/aromatic N) is 1. The van der Waals surface area contributed by atoms with Crippen molar-refractivity contribution in [1.29, 1.82) is 5.26 Å². The van der Waals surface area contributed by atoms with Gasteiger partial charge in [0.15, 0.2) is 0 Å². The standard InChI is InChI=1S/C14H19NO/c1-11(2)14(9-15)13(10-16)8-12-6-4-3-5-7-12/h3-7,11,13-14,16H,8,10H2,1-2H3/t13-,14-/m1/s1. The maximum Gasteiger partial charge on any atom is 0.0662 e. The predicted molar refractivity (Wildman–Crippen MR) is 64.7 cm³/mol. The fourth-order valence-electron chi connectivity index (χ4n) is 2.02. The summed E-state index contributed by atoms with van der Waals surface area (Å²) in [7, 11) is 0. The summed E-state index contributed by atoms with van der Waals surface area (Å²) >= 11 is 0. The molecule has 2 atom stereocenters. The summed E-state index contributed by atoms with van der Waals surface area (Å²) in [4.78, 5) is 0. The van der Waals surface area contributed by atoms with Crippen LogP contribution in [-0.2, 0) is 6.42 Å². The minimum Gasteiger partial charge on any atom is -0.396 e. The summed E-state index contributed by atoms with van der Waals surface area (Å²) in [5.74, 6) is 0.239. The predicted octanol–water partition coefficient (Wildman–Crippen LogP) is 2.63. The number of aliphatic hydroxyl groups is 1. The zero-order valence-corrected chi connectivity index (χ0v) is 9.93. The van der Waals surface area contributed by atoms with Gasteiger partial charge in [-0.2, -0.15) is 5.26 Å². The van der Waals surface area contributed by atoms with E-state index in [0.717, 1.165) is 6.42 Å². The van der Waals surface area contributed by atoms with Crippen molar-refractivity contribution in [3.05, 3.63) is 35.9 Å². The lowest BCUT2D eigenvalue weighted by Crippen LogP contribution is -2.24. The molecule has 86 valence electrons. The highest BCUT2D eigenvalue weighted by molar-refractivity contribution is 5.16. The van der Waals surface area contributed by atoms with Gasteiger partial charge in [-0.15, -0.1) is 0 Å². The molecular formula is C14H19NO. The van der Waals surface area contributed by atoms with Gasteiger partial charge in [0.1, 0.15) is 0 Å². The maximum absolute atomic E-state index is 9.39. The second kappa shape index (κ2) is 6.30. The van der Waals surface area contributed by atoms with E-state index >= 15 is 0 Å². The molecule has 1 aromatic rings. The van der Waals surface area contributed by atoms with Crippen molar-refractivity contribution >= 4 is 0 Å². The lowest BCUT2D eigenvalue weighted by Gasteiger charge is -2.22. The number of hydrogen-bond donors (Lipinski definition) is 1. The smallest absolute Gasteiger partial charge is 0.0662 e. The van der Waals surface area contributed by atoms with E-state index < -0.39 is 0 Å². The van der Waals surface area contributed by atoms with Crippen LogP contribution in [0.25, 0.3) is 0 Å². The number of benzene rings is 1. The maximum atomic E-state index is 9.39. The monoisotopic (exact) mass is 217 g/mol. The van der Waals surface area contributed by atoms with Crippen molar-refractivity contribution in [3.8, 4) is 6.07 Å². The fraction of sp³-hybridized carbons (Fsp3) is 0.500. The number of rotatable bonds is 5. The summed E-state index contributed by atoms with van der Waals surface area (Å²) in [5, 5.41) is 18.5. The molecule has 2 heteroatoms. The van der Waals surface area contributed by atoms with E-state index in [4.69, 9.17) is 5.26 Å². The minimum absolute atomic E-state index is 0.0346. The molecule has 1 aromatic carbocycles. The number of aliphatic hydroxyl groups excluding tert-OH is 1. The van der Waals surface area contributed by atoms with Crippen molar-refractivity contribution in [2.45, 2.75) is 20.3 Å². The second-order valence-corrected chi connectivity index (χ2v) is 4.53. The topological polar surface area (TPSA) is 44.0 Å². The van der Waals surface area contributed by atoms with Gasteiger partial charge in [0, 0.05) is 12.5 Å². The van der Waals surface area contributed by atoms with Crippen LogP contribution in [0.1, 0.15) is 19.4 Å². The minimum atomic E-state index is -0.0785. The van der Waals surface area contributed by atoms with E-state index in [1.54, 1.807) is 0 Å². The van der Waals surface area contributed by atoms with E-state index in [1.807, 2.05) is 44.2 Å². The van der Waals surface area contributed by atoms with Gasteiger partial charge in [0.2, 0.25) is 0 Å². The molecule has 0 spiro atoms. The third-order valence-corrected chi connectivity index (χ3v) is 2.95. The van der Waals surface area contributed by atoms with Crippen molar-refractivity contribution in [2.24, 2.45) is 17.8 Å². The molecule has 1 rings (SSSR count). The van der Waals surface area contributed by atoms with Crippen LogP contribution < -0.4 is 0 Å². The SMILES string of the molecule is CC(C)[C@@H](C#N)[C@@H](CO)Cc1ccccc1. The van der Waals surface area contributed by atoms with Crippen molar-refractivity contribution in [3.63, 3.8) is 0 Å². The third-order valence-electron chi connectivity index (χ3n) is 2.95. The first-order valence-electron chi connectivity index (χ1n) is 5.73. The molecule has 0 saturated heterocycles. The molecule has 0 heterocycles. The third kappa shape index (κ3) is 3.36. The van der Waals surface area contributed by atoms with Gasteiger partial charge in [-0.1, -0.05) is 44.2 Å². The highest BCUT2D eigenvalue weighted by atomic mass is 16.3. The molecule has 2 nitrogen and oxygen atoms in total. The molecule has 0 aromatic heterocycles. The zero-order valence-electron chi connectivity index (χ0n) is 9.93. The lowest BCUT2D eigenvalue weighted by atomic mass is 9.81. The largest absolute Gasteiger partial charge is 0.396 e. The van der Waals surface area contributed by atoms with Crippen molar-refractivity contribution in [2.75, 3.05) is 6.61 Å². The molecule has 0 bridgehead atoms. The van der Waals surface area contributed by atoms with Gasteiger partial charge >= 0.3 is 0 Å². The first kappa shape index (κ1) is 12.7. The molecule has 0 unspecified atom stereocenters. The molecule has 1 N–H and O–H groups in total. The van der Waals surface area contributed by atoms with Gasteiger partial charge in [-0.3, -0.25) is 0 Å². The normalized spacial score (nSPS) is 14.4. The summed E-state index contributed by atoms with van der Waals surface area (Å²) in [6.07, 6.45) is 0.772. The molecule has 0 fully saturated rings. The van der Waals surface area contributed by atoms with Gasteiger partial charge in [-0.25, -0.2) is 0 Å². The molecule has 16 heavy (non-hydrogen) atoms. The van der Waals surface area contributed by atoms with E-state index in [-0.39, 0.29) is 24.4 Å². The van der Waals surface area contributed by atoms with Crippen LogP contribution in [0.4, 0.5) is 0 Å². The van der Waals surface area contributed by atoms with E-state index in [9.17, 15) is 5.11 Å². The average Bonchev–Trinajstić information content (AvgIpc) is 2.29. The van der Waals surface area contributed by atoms with Gasteiger partial charge < -0.3 is 5.11 Å². The van der Waals surface area contributed by atoms with Crippen LogP contribution in [0.5, 0.6) is 0 Å². The summed E-state index contributed by atoms with van der Waals surface area (Å²) in [6, 6.07) is 12.3. The molecule has 0 saturated carbocycles. The summed E-state index contributed by atoms with van der Waals surface area (Å²) < 4.78 is 0. The molecule has 0 amide bonds. The Hall–Kier alpha value is -1.33. The van der Waals surface area contributed by atoms with Crippen LogP contribution in [0.15, 0.2) is 30.3 Å². The molecule has 0 aliphatic rings. The van der Waals surface area contributed by atoms with Crippen LogP contribution in [0.3, 0.4) is 0 Å². The van der Waals surface area contributed by atoms with Crippen LogP contribution in [-0.4, -0.2) is 11.7 Å². The van der Waals surface area contributed by atoms with Crippen molar-refractivity contribution < 1.29 is 5.11 Å². The molecule has 0 radical (unpaired) electrons. The van der Waals surface area contributed by atoms with E-state index in [2.05, 4.69) is 6.07 Å². The molecule has 0 aliphatic carbocycles.